The van der Waals surface area contributed by atoms with Gasteiger partial charge in [0.05, 0.1) is 12.7 Å². The van der Waals surface area contributed by atoms with Gasteiger partial charge in [-0.15, -0.1) is 0 Å². The molecule has 0 aromatic heterocycles. The van der Waals surface area contributed by atoms with Crippen LogP contribution in [0.15, 0.2) is 21.5 Å². The molecule has 1 aliphatic rings. The van der Waals surface area contributed by atoms with Crippen molar-refractivity contribution in [3.63, 3.8) is 0 Å². The van der Waals surface area contributed by atoms with E-state index in [-0.39, 0.29) is 17.1 Å². The van der Waals surface area contributed by atoms with Crippen LogP contribution in [0, 0.1) is 11.6 Å². The average molecular weight is 385 g/mol. The van der Waals surface area contributed by atoms with Crippen molar-refractivity contribution in [2.45, 2.75) is 11.0 Å². The molecule has 0 bridgehead atoms. The summed E-state index contributed by atoms with van der Waals surface area (Å²) < 4.78 is 58.5. The van der Waals surface area contributed by atoms with Crippen molar-refractivity contribution in [3.8, 4) is 0 Å². The van der Waals surface area contributed by atoms with E-state index in [9.17, 15) is 17.2 Å². The number of ether oxygens (including phenoxy) is 1. The topological polar surface area (TPSA) is 58.6 Å². The molecule has 1 N–H and O–H groups in total. The van der Waals surface area contributed by atoms with Gasteiger partial charge >= 0.3 is 0 Å². The third kappa shape index (κ3) is 4.19. The zero-order chi connectivity index (χ0) is 15.6. The van der Waals surface area contributed by atoms with Gasteiger partial charge in [0.1, 0.15) is 16.5 Å². The Balaban J connectivity index is 2.12. The van der Waals surface area contributed by atoms with Crippen LogP contribution in [0.2, 0.25) is 0 Å². The van der Waals surface area contributed by atoms with E-state index in [4.69, 9.17) is 4.74 Å². The molecule has 1 unspecified atom stereocenters. The molecular formula is C12H15BrF2N2O3S. The van der Waals surface area contributed by atoms with Crippen molar-refractivity contribution in [3.05, 3.63) is 28.2 Å². The first-order chi connectivity index (χ1) is 9.79. The lowest BCUT2D eigenvalue weighted by Crippen LogP contribution is -2.46. The first kappa shape index (κ1) is 16.8. The molecule has 1 aromatic rings. The summed E-state index contributed by atoms with van der Waals surface area (Å²) in [7, 11) is -2.19. The van der Waals surface area contributed by atoms with Crippen molar-refractivity contribution in [1.29, 1.82) is 0 Å². The summed E-state index contributed by atoms with van der Waals surface area (Å²) in [4.78, 5) is 1.41. The van der Waals surface area contributed by atoms with Gasteiger partial charge in [0.2, 0.25) is 10.0 Å². The summed E-state index contributed by atoms with van der Waals surface area (Å²) in [6, 6.07) is 1.44. The molecule has 1 heterocycles. The van der Waals surface area contributed by atoms with Gasteiger partial charge in [-0.25, -0.2) is 21.9 Å². The summed E-state index contributed by atoms with van der Waals surface area (Å²) in [5.41, 5.74) is 0. The fourth-order valence-electron chi connectivity index (χ4n) is 2.05. The second-order valence-electron chi connectivity index (χ2n) is 4.81. The molecule has 2 rings (SSSR count). The molecule has 118 valence electrons. The Morgan fingerprint density at radius 3 is 2.81 bits per heavy atom. The van der Waals surface area contributed by atoms with Gasteiger partial charge in [0.15, 0.2) is 0 Å². The van der Waals surface area contributed by atoms with Crippen LogP contribution < -0.4 is 4.72 Å². The number of nitrogens with zero attached hydrogens (tertiary/aromatic N) is 1. The van der Waals surface area contributed by atoms with Crippen molar-refractivity contribution in [2.24, 2.45) is 0 Å². The molecule has 0 radical (unpaired) electrons. The first-order valence-corrected chi connectivity index (χ1v) is 8.51. The second-order valence-corrected chi connectivity index (χ2v) is 7.36. The number of benzene rings is 1. The summed E-state index contributed by atoms with van der Waals surface area (Å²) in [5, 5.41) is 0. The molecule has 0 aliphatic carbocycles. The number of halogens is 3. The van der Waals surface area contributed by atoms with Gasteiger partial charge in [-0.1, -0.05) is 0 Å². The summed E-state index contributed by atoms with van der Waals surface area (Å²) in [6.07, 6.45) is -0.305. The molecule has 0 amide bonds. The normalized spacial score (nSPS) is 20.7. The maximum Gasteiger partial charge on any atom is 0.244 e. The first-order valence-electron chi connectivity index (χ1n) is 6.24. The number of morpholine rings is 1. The highest BCUT2D eigenvalue weighted by atomic mass is 79.9. The quantitative estimate of drug-likeness (QED) is 0.850. The van der Waals surface area contributed by atoms with E-state index in [1.54, 1.807) is 0 Å². The van der Waals surface area contributed by atoms with E-state index in [1.165, 1.54) is 0 Å². The Morgan fingerprint density at radius 2 is 2.19 bits per heavy atom. The van der Waals surface area contributed by atoms with Crippen LogP contribution in [0.25, 0.3) is 0 Å². The van der Waals surface area contributed by atoms with E-state index in [0.717, 1.165) is 12.6 Å². The number of nitrogens with one attached hydrogen (secondary N) is 1. The highest BCUT2D eigenvalue weighted by molar-refractivity contribution is 9.10. The summed E-state index contributed by atoms with van der Waals surface area (Å²) in [5.74, 6) is -1.99. The predicted molar refractivity (Wildman–Crippen MR) is 76.5 cm³/mol. The minimum absolute atomic E-state index is 0.0237. The lowest BCUT2D eigenvalue weighted by Gasteiger charge is -2.30. The second kappa shape index (κ2) is 6.66. The number of hydrogen-bond donors (Lipinski definition) is 1. The van der Waals surface area contributed by atoms with Crippen LogP contribution in [0.3, 0.4) is 0 Å². The van der Waals surface area contributed by atoms with Crippen LogP contribution >= 0.6 is 15.9 Å². The van der Waals surface area contributed by atoms with Gasteiger partial charge in [-0.3, -0.25) is 0 Å². The van der Waals surface area contributed by atoms with Crippen molar-refractivity contribution >= 4 is 26.0 Å². The molecule has 1 saturated heterocycles. The Morgan fingerprint density at radius 1 is 1.48 bits per heavy atom. The summed E-state index contributed by atoms with van der Waals surface area (Å²) in [6.45, 7) is 1.89. The van der Waals surface area contributed by atoms with Crippen LogP contribution in [0.1, 0.15) is 0 Å². The molecular weight excluding hydrogens is 370 g/mol. The Bertz CT molecular complexity index is 604. The van der Waals surface area contributed by atoms with Crippen molar-refractivity contribution < 1.29 is 21.9 Å². The van der Waals surface area contributed by atoms with Crippen LogP contribution in [0.5, 0.6) is 0 Å². The van der Waals surface area contributed by atoms with Crippen LogP contribution in [0.4, 0.5) is 8.78 Å². The maximum absolute atomic E-state index is 13.7. The lowest BCUT2D eigenvalue weighted by molar-refractivity contribution is -0.0156. The van der Waals surface area contributed by atoms with E-state index >= 15 is 0 Å². The smallest absolute Gasteiger partial charge is 0.244 e. The zero-order valence-corrected chi connectivity index (χ0v) is 13.7. The molecule has 1 aromatic carbocycles. The highest BCUT2D eigenvalue weighted by Crippen LogP contribution is 2.26. The van der Waals surface area contributed by atoms with E-state index < -0.39 is 26.6 Å². The number of sulfonamides is 1. The lowest BCUT2D eigenvalue weighted by atomic mass is 10.3. The molecule has 5 nitrogen and oxygen atoms in total. The fraction of sp³-hybridized carbons (Fsp3) is 0.500. The van der Waals surface area contributed by atoms with Crippen LogP contribution in [-0.2, 0) is 14.8 Å². The highest BCUT2D eigenvalue weighted by Gasteiger charge is 2.26. The van der Waals surface area contributed by atoms with Gasteiger partial charge in [0, 0.05) is 30.2 Å². The largest absolute Gasteiger partial charge is 0.374 e. The minimum atomic E-state index is -4.09. The Kier molecular flexibility index (Phi) is 5.31. The van der Waals surface area contributed by atoms with Gasteiger partial charge < -0.3 is 9.64 Å². The third-order valence-corrected chi connectivity index (χ3v) is 5.46. The van der Waals surface area contributed by atoms with E-state index in [2.05, 4.69) is 20.7 Å². The van der Waals surface area contributed by atoms with Gasteiger partial charge in [-0.05, 0) is 29.0 Å². The average Bonchev–Trinajstić information content (AvgIpc) is 2.35. The molecule has 1 fully saturated rings. The Hall–Kier alpha value is -0.610. The molecule has 0 saturated carbocycles. The fourth-order valence-corrected chi connectivity index (χ4v) is 4.28. The molecule has 1 aliphatic heterocycles. The number of rotatable bonds is 4. The van der Waals surface area contributed by atoms with Crippen LogP contribution in [-0.4, -0.2) is 52.7 Å². The van der Waals surface area contributed by atoms with Crippen molar-refractivity contribution in [2.75, 3.05) is 33.3 Å². The predicted octanol–water partition coefficient (Wildman–Crippen LogP) is 1.34. The van der Waals surface area contributed by atoms with E-state index in [1.807, 2.05) is 11.9 Å². The minimum Gasteiger partial charge on any atom is -0.374 e. The Labute approximate surface area is 130 Å². The third-order valence-electron chi connectivity index (χ3n) is 3.07. The standard InChI is InChI=1S/C12H15BrF2N2O3S/c1-17-2-3-20-9(7-17)6-16-21(18,19)12-10(13)4-8(14)5-11(12)15/h4-5,9,16H,2-3,6-7H2,1H3. The zero-order valence-electron chi connectivity index (χ0n) is 11.3. The molecule has 9 heteroatoms. The van der Waals surface area contributed by atoms with Gasteiger partial charge in [0.25, 0.3) is 0 Å². The molecule has 1 atom stereocenters. The van der Waals surface area contributed by atoms with Crippen molar-refractivity contribution in [1.82, 2.24) is 9.62 Å². The number of likely N-dealkylation sites (N-methyl/N-ethyl adjacent to an activating group) is 1. The maximum atomic E-state index is 13.7. The van der Waals surface area contributed by atoms with E-state index in [0.29, 0.717) is 19.2 Å². The monoisotopic (exact) mass is 384 g/mol. The SMILES string of the molecule is CN1CCOC(CNS(=O)(=O)c2c(F)cc(F)cc2Br)C1. The van der Waals surface area contributed by atoms with Gasteiger partial charge in [-0.2, -0.15) is 0 Å². The molecule has 0 spiro atoms. The molecule has 21 heavy (non-hydrogen) atoms. The summed E-state index contributed by atoms with van der Waals surface area (Å²) >= 11 is 2.87. The number of hydrogen-bond acceptors (Lipinski definition) is 4.